The number of halogens is 3. The Kier molecular flexibility index (Phi) is 7.22. The summed E-state index contributed by atoms with van der Waals surface area (Å²) in [6, 6.07) is 5.02. The molecule has 3 heterocycles. The number of aromatic amines is 1. The first-order chi connectivity index (χ1) is 17.2. The number of nitrogens with zero attached hydrogens (tertiary/aromatic N) is 5. The van der Waals surface area contributed by atoms with Crippen LogP contribution in [-0.2, 0) is 22.3 Å². The molecule has 1 N–H and O–H groups in total. The van der Waals surface area contributed by atoms with Crippen molar-refractivity contribution in [2.24, 2.45) is 0 Å². The number of fused-ring (bicyclic) bond motifs is 1. The summed E-state index contributed by atoms with van der Waals surface area (Å²) in [5.74, 6) is -0.0865. The van der Waals surface area contributed by atoms with Crippen LogP contribution in [0.3, 0.4) is 0 Å². The van der Waals surface area contributed by atoms with E-state index in [-0.39, 0.29) is 24.1 Å². The maximum absolute atomic E-state index is 13.1. The minimum atomic E-state index is -4.44. The van der Waals surface area contributed by atoms with Crippen molar-refractivity contribution in [2.45, 2.75) is 58.5 Å². The summed E-state index contributed by atoms with van der Waals surface area (Å²) in [5.41, 5.74) is 0.0573. The zero-order chi connectivity index (χ0) is 25.9. The molecule has 1 unspecified atom stereocenters. The third-order valence-electron chi connectivity index (χ3n) is 5.53. The van der Waals surface area contributed by atoms with Crippen LogP contribution in [0.2, 0.25) is 0 Å². The predicted octanol–water partition coefficient (Wildman–Crippen LogP) is 4.69. The van der Waals surface area contributed by atoms with Crippen molar-refractivity contribution in [3.63, 3.8) is 0 Å². The number of aromatic nitrogens is 6. The van der Waals surface area contributed by atoms with Crippen molar-refractivity contribution in [2.75, 3.05) is 0 Å². The van der Waals surface area contributed by atoms with E-state index < -0.39 is 29.5 Å². The second kappa shape index (κ2) is 10.3. The first-order valence-electron chi connectivity index (χ1n) is 11.5. The average Bonchev–Trinajstić information content (AvgIpc) is 3.44. The Labute approximate surface area is 203 Å². The highest BCUT2D eigenvalue weighted by Crippen LogP contribution is 2.31. The third-order valence-corrected chi connectivity index (χ3v) is 5.53. The van der Waals surface area contributed by atoms with E-state index in [0.29, 0.717) is 36.2 Å². The molecule has 0 fully saturated rings. The number of hydrogen-bond acceptors (Lipinski definition) is 6. The fourth-order valence-electron chi connectivity index (χ4n) is 3.93. The molecule has 0 aliphatic heterocycles. The molecule has 0 bridgehead atoms. The molecule has 0 radical (unpaired) electrons. The van der Waals surface area contributed by atoms with E-state index in [1.807, 2.05) is 13.8 Å². The second-order valence-corrected chi connectivity index (χ2v) is 8.32. The van der Waals surface area contributed by atoms with Crippen LogP contribution in [0.25, 0.3) is 22.6 Å². The monoisotopic (exact) mass is 502 g/mol. The van der Waals surface area contributed by atoms with Gasteiger partial charge in [-0.05, 0) is 24.1 Å². The summed E-state index contributed by atoms with van der Waals surface area (Å²) in [6.45, 7) is 3.88. The van der Waals surface area contributed by atoms with E-state index >= 15 is 0 Å². The molecule has 9 nitrogen and oxygen atoms in total. The molecule has 0 aliphatic rings. The number of benzene rings is 1. The third kappa shape index (κ3) is 5.31. The Morgan fingerprint density at radius 2 is 2.03 bits per heavy atom. The molecule has 4 rings (SSSR count). The molecule has 190 valence electrons. The number of imidazole rings is 1. The Balaban J connectivity index is 1.74. The number of alkyl halides is 3. The molecule has 0 spiro atoms. The quantitative estimate of drug-likeness (QED) is 0.333. The number of carbonyl (C=O) groups excluding carboxylic acids is 1. The van der Waals surface area contributed by atoms with Gasteiger partial charge < -0.3 is 9.72 Å². The van der Waals surface area contributed by atoms with Crippen LogP contribution in [0.4, 0.5) is 13.2 Å². The van der Waals surface area contributed by atoms with Gasteiger partial charge in [0.2, 0.25) is 0 Å². The summed E-state index contributed by atoms with van der Waals surface area (Å²) >= 11 is 0. The van der Waals surface area contributed by atoms with E-state index in [1.54, 1.807) is 16.8 Å². The molecule has 1 aromatic carbocycles. The van der Waals surface area contributed by atoms with Gasteiger partial charge in [-0.15, -0.1) is 0 Å². The van der Waals surface area contributed by atoms with Gasteiger partial charge >= 0.3 is 12.1 Å². The SMILES string of the molecule is CCCC(=O)OC(CCC)n1c(-c2cnn(Cc3cccc(C(F)(F)F)c3)c2)nc2nc[nH]c(=O)c21. The number of carbonyl (C=O) groups is 1. The lowest BCUT2D eigenvalue weighted by Crippen LogP contribution is -2.21. The number of ether oxygens (including phenoxy) is 1. The molecule has 1 atom stereocenters. The molecule has 12 heteroatoms. The van der Waals surface area contributed by atoms with Gasteiger partial charge in [0.1, 0.15) is 5.82 Å². The lowest BCUT2D eigenvalue weighted by atomic mass is 10.1. The van der Waals surface area contributed by atoms with Gasteiger partial charge in [0.15, 0.2) is 17.4 Å². The van der Waals surface area contributed by atoms with Gasteiger partial charge in [0.05, 0.1) is 30.2 Å². The number of nitrogens with one attached hydrogen (secondary N) is 1. The fourth-order valence-corrected chi connectivity index (χ4v) is 3.93. The van der Waals surface area contributed by atoms with Crippen LogP contribution < -0.4 is 5.56 Å². The van der Waals surface area contributed by atoms with Crippen molar-refractivity contribution in [3.8, 4) is 11.4 Å². The first kappa shape index (κ1) is 25.1. The van der Waals surface area contributed by atoms with Crippen LogP contribution >= 0.6 is 0 Å². The van der Waals surface area contributed by atoms with Crippen LogP contribution in [0.1, 0.15) is 56.9 Å². The Morgan fingerprint density at radius 3 is 2.75 bits per heavy atom. The number of hydrogen-bond donors (Lipinski definition) is 1. The summed E-state index contributed by atoms with van der Waals surface area (Å²) < 4.78 is 48.0. The highest BCUT2D eigenvalue weighted by atomic mass is 19.4. The number of esters is 1. The average molecular weight is 502 g/mol. The Bertz CT molecular complexity index is 1420. The Morgan fingerprint density at radius 1 is 1.22 bits per heavy atom. The van der Waals surface area contributed by atoms with Crippen LogP contribution in [0, 0.1) is 0 Å². The first-order valence-corrected chi connectivity index (χ1v) is 11.5. The lowest BCUT2D eigenvalue weighted by Gasteiger charge is -2.21. The van der Waals surface area contributed by atoms with Gasteiger partial charge in [-0.3, -0.25) is 18.8 Å². The van der Waals surface area contributed by atoms with Crippen LogP contribution in [-0.4, -0.2) is 35.3 Å². The summed E-state index contributed by atoms with van der Waals surface area (Å²) in [4.78, 5) is 36.2. The largest absolute Gasteiger partial charge is 0.441 e. The van der Waals surface area contributed by atoms with Crippen molar-refractivity contribution in [1.82, 2.24) is 29.3 Å². The summed E-state index contributed by atoms with van der Waals surface area (Å²) in [5, 5.41) is 4.28. The van der Waals surface area contributed by atoms with Crippen LogP contribution in [0.5, 0.6) is 0 Å². The molecule has 4 aromatic rings. The summed E-state index contributed by atoms with van der Waals surface area (Å²) in [7, 11) is 0. The highest BCUT2D eigenvalue weighted by molar-refractivity contribution is 5.76. The molecule has 0 saturated carbocycles. The van der Waals surface area contributed by atoms with E-state index in [9.17, 15) is 22.8 Å². The minimum absolute atomic E-state index is 0.0901. The molecular formula is C24H25F3N6O3. The van der Waals surface area contributed by atoms with Gasteiger partial charge in [-0.2, -0.15) is 18.3 Å². The molecule has 0 amide bonds. The highest BCUT2D eigenvalue weighted by Gasteiger charge is 2.30. The fraction of sp³-hybridized carbons (Fsp3) is 0.375. The zero-order valence-electron chi connectivity index (χ0n) is 19.7. The smallest absolute Gasteiger partial charge is 0.416 e. The topological polar surface area (TPSA) is 108 Å². The molecule has 36 heavy (non-hydrogen) atoms. The zero-order valence-corrected chi connectivity index (χ0v) is 19.7. The summed E-state index contributed by atoms with van der Waals surface area (Å²) in [6.07, 6.45) is 1.04. The minimum Gasteiger partial charge on any atom is -0.441 e. The maximum Gasteiger partial charge on any atom is 0.416 e. The second-order valence-electron chi connectivity index (χ2n) is 8.32. The van der Waals surface area contributed by atoms with Crippen LogP contribution in [0.15, 0.2) is 47.8 Å². The van der Waals surface area contributed by atoms with Crippen molar-refractivity contribution >= 4 is 17.1 Å². The Hall–Kier alpha value is -3.96. The van der Waals surface area contributed by atoms with E-state index in [4.69, 9.17) is 4.74 Å². The van der Waals surface area contributed by atoms with E-state index in [2.05, 4.69) is 20.1 Å². The van der Waals surface area contributed by atoms with E-state index in [0.717, 1.165) is 12.1 Å². The van der Waals surface area contributed by atoms with E-state index in [1.165, 1.54) is 23.3 Å². The molecule has 0 aliphatic carbocycles. The molecule has 3 aromatic heterocycles. The standard InChI is InChI=1S/C24H25F3N6O3/c1-3-6-18(36-19(34)7-4-2)33-20-21(28-14-29-23(20)35)31-22(33)16-11-30-32(13-16)12-15-8-5-9-17(10-15)24(25,26)27/h5,8-11,13-14,18H,3-4,6-7,12H2,1-2H3,(H,28,29,35). The van der Waals surface area contributed by atoms with Gasteiger partial charge in [-0.25, -0.2) is 9.97 Å². The number of rotatable bonds is 9. The number of H-pyrrole nitrogens is 1. The maximum atomic E-state index is 13.1. The molecule has 0 saturated heterocycles. The van der Waals surface area contributed by atoms with Gasteiger partial charge in [0, 0.05) is 19.0 Å². The van der Waals surface area contributed by atoms with Gasteiger partial charge in [0.25, 0.3) is 5.56 Å². The normalized spacial score (nSPS) is 12.7. The molecular weight excluding hydrogens is 477 g/mol. The van der Waals surface area contributed by atoms with Crippen molar-refractivity contribution in [1.29, 1.82) is 0 Å². The van der Waals surface area contributed by atoms with Gasteiger partial charge in [-0.1, -0.05) is 32.4 Å². The lowest BCUT2D eigenvalue weighted by molar-refractivity contribution is -0.154. The predicted molar refractivity (Wildman–Crippen MR) is 125 cm³/mol. The van der Waals surface area contributed by atoms with Crippen molar-refractivity contribution < 1.29 is 22.7 Å². The van der Waals surface area contributed by atoms with Crippen molar-refractivity contribution in [3.05, 3.63) is 64.5 Å².